The third-order valence-corrected chi connectivity index (χ3v) is 3.97. The Bertz CT molecular complexity index is 664. The van der Waals surface area contributed by atoms with Crippen LogP contribution >= 0.6 is 15.9 Å². The van der Waals surface area contributed by atoms with E-state index in [1.165, 1.54) is 0 Å². The van der Waals surface area contributed by atoms with Crippen molar-refractivity contribution in [2.45, 2.75) is 26.8 Å². The second-order valence-electron chi connectivity index (χ2n) is 5.21. The molecule has 2 rings (SSSR count). The van der Waals surface area contributed by atoms with Gasteiger partial charge in [-0.05, 0) is 45.0 Å². The lowest BCUT2D eigenvalue weighted by Gasteiger charge is -2.12. The number of amides is 1. The monoisotopic (exact) mass is 349 g/mol. The largest absolute Gasteiger partial charge is 0.348 e. The van der Waals surface area contributed by atoms with E-state index in [0.29, 0.717) is 12.1 Å². The molecule has 0 spiro atoms. The lowest BCUT2D eigenvalue weighted by atomic mass is 10.2. The normalized spacial score (nSPS) is 12.2. The van der Waals surface area contributed by atoms with Gasteiger partial charge in [-0.3, -0.25) is 4.79 Å². The van der Waals surface area contributed by atoms with Gasteiger partial charge < -0.3 is 15.6 Å². The van der Waals surface area contributed by atoms with Gasteiger partial charge in [0.1, 0.15) is 0 Å². The first-order valence-corrected chi connectivity index (χ1v) is 7.69. The average Bonchev–Trinajstić information content (AvgIpc) is 2.74. The molecule has 0 fully saturated rings. The fraction of sp³-hybridized carbons (Fsp3) is 0.312. The molecule has 1 aromatic carbocycles. The van der Waals surface area contributed by atoms with Crippen LogP contribution in [0, 0.1) is 13.8 Å². The Hall–Kier alpha value is -1.59. The molecule has 4 nitrogen and oxygen atoms in total. The molecule has 0 radical (unpaired) electrons. The highest BCUT2D eigenvalue weighted by Crippen LogP contribution is 2.23. The fourth-order valence-electron chi connectivity index (χ4n) is 2.37. The molecular formula is C16H20BrN3O. The van der Waals surface area contributed by atoms with Crippen LogP contribution < -0.4 is 11.1 Å². The van der Waals surface area contributed by atoms with E-state index in [-0.39, 0.29) is 11.9 Å². The lowest BCUT2D eigenvalue weighted by molar-refractivity contribution is 0.0940. The summed E-state index contributed by atoms with van der Waals surface area (Å²) in [6.45, 7) is 6.27. The second-order valence-corrected chi connectivity index (χ2v) is 6.13. The highest BCUT2D eigenvalue weighted by molar-refractivity contribution is 9.10. The van der Waals surface area contributed by atoms with Crippen LogP contribution in [0.1, 0.15) is 28.7 Å². The van der Waals surface area contributed by atoms with Gasteiger partial charge in [0.25, 0.3) is 5.91 Å². The molecule has 0 unspecified atom stereocenters. The molecule has 1 heterocycles. The first-order valence-electron chi connectivity index (χ1n) is 6.90. The quantitative estimate of drug-likeness (QED) is 0.891. The number of nitrogens with two attached hydrogens (primary N) is 1. The molecule has 112 valence electrons. The minimum Gasteiger partial charge on any atom is -0.348 e. The van der Waals surface area contributed by atoms with Crippen LogP contribution in [0.4, 0.5) is 0 Å². The summed E-state index contributed by atoms with van der Waals surface area (Å²) in [4.78, 5) is 12.3. The van der Waals surface area contributed by atoms with Crippen LogP contribution in [0.5, 0.6) is 0 Å². The summed E-state index contributed by atoms with van der Waals surface area (Å²) < 4.78 is 3.09. The Balaban J connectivity index is 2.40. The molecule has 0 saturated carbocycles. The van der Waals surface area contributed by atoms with E-state index >= 15 is 0 Å². The number of carbonyl (C=O) groups excluding carboxylic acids is 1. The van der Waals surface area contributed by atoms with Gasteiger partial charge in [-0.1, -0.05) is 22.0 Å². The van der Waals surface area contributed by atoms with E-state index in [2.05, 4.69) is 25.8 Å². The zero-order chi connectivity index (χ0) is 15.6. The molecular weight excluding hydrogens is 330 g/mol. The molecule has 0 aliphatic rings. The average molecular weight is 350 g/mol. The summed E-state index contributed by atoms with van der Waals surface area (Å²) >= 11 is 3.48. The Morgan fingerprint density at radius 2 is 2.10 bits per heavy atom. The van der Waals surface area contributed by atoms with Crippen molar-refractivity contribution in [3.05, 3.63) is 51.8 Å². The third-order valence-electron chi connectivity index (χ3n) is 3.47. The van der Waals surface area contributed by atoms with Gasteiger partial charge in [-0.15, -0.1) is 0 Å². The van der Waals surface area contributed by atoms with Gasteiger partial charge in [0.2, 0.25) is 0 Å². The molecule has 0 aliphatic carbocycles. The first kappa shape index (κ1) is 15.8. The molecule has 2 aromatic rings. The summed E-state index contributed by atoms with van der Waals surface area (Å²) in [6, 6.07) is 9.89. The molecule has 3 N–H and O–H groups in total. The summed E-state index contributed by atoms with van der Waals surface area (Å²) in [7, 11) is 0. The number of benzene rings is 1. The maximum absolute atomic E-state index is 12.3. The SMILES string of the molecule is Cc1cc(C(=O)N[C@@H](C)CN)c(C)n1-c1cccc(Br)c1. The molecule has 0 bridgehead atoms. The Morgan fingerprint density at radius 1 is 1.38 bits per heavy atom. The standard InChI is InChI=1S/C16H20BrN3O/c1-10(9-18)19-16(21)15-7-11(2)20(12(15)3)14-6-4-5-13(17)8-14/h4-8,10H,9,18H2,1-3H3,(H,19,21)/t10-/m0/s1. The number of carbonyl (C=O) groups is 1. The van der Waals surface area contributed by atoms with Crippen molar-refractivity contribution in [3.63, 3.8) is 0 Å². The van der Waals surface area contributed by atoms with Gasteiger partial charge in [-0.25, -0.2) is 0 Å². The van der Waals surface area contributed by atoms with E-state index in [4.69, 9.17) is 5.73 Å². The van der Waals surface area contributed by atoms with Crippen molar-refractivity contribution in [2.75, 3.05) is 6.54 Å². The van der Waals surface area contributed by atoms with E-state index in [1.54, 1.807) is 0 Å². The van der Waals surface area contributed by atoms with Crippen LogP contribution in [0.25, 0.3) is 5.69 Å². The van der Waals surface area contributed by atoms with Gasteiger partial charge in [0.05, 0.1) is 5.56 Å². The number of nitrogens with one attached hydrogen (secondary N) is 1. The van der Waals surface area contributed by atoms with E-state index in [1.807, 2.05) is 51.1 Å². The number of rotatable bonds is 4. The number of hydrogen-bond donors (Lipinski definition) is 2. The molecule has 5 heteroatoms. The molecule has 21 heavy (non-hydrogen) atoms. The topological polar surface area (TPSA) is 60.1 Å². The maximum Gasteiger partial charge on any atom is 0.253 e. The molecule has 0 aliphatic heterocycles. The highest BCUT2D eigenvalue weighted by atomic mass is 79.9. The van der Waals surface area contributed by atoms with E-state index < -0.39 is 0 Å². The van der Waals surface area contributed by atoms with Gasteiger partial charge in [0, 0.05) is 34.1 Å². The third kappa shape index (κ3) is 3.36. The maximum atomic E-state index is 12.3. The number of aromatic nitrogens is 1. The molecule has 1 aromatic heterocycles. The van der Waals surface area contributed by atoms with Crippen LogP contribution in [-0.4, -0.2) is 23.1 Å². The Morgan fingerprint density at radius 3 is 2.71 bits per heavy atom. The first-order chi connectivity index (χ1) is 9.93. The van der Waals surface area contributed by atoms with Crippen LogP contribution in [-0.2, 0) is 0 Å². The van der Waals surface area contributed by atoms with Crippen LogP contribution in [0.2, 0.25) is 0 Å². The van der Waals surface area contributed by atoms with E-state index in [0.717, 1.165) is 21.5 Å². The second kappa shape index (κ2) is 6.45. The molecule has 1 atom stereocenters. The minimum atomic E-state index is -0.0812. The van der Waals surface area contributed by atoms with Crippen molar-refractivity contribution < 1.29 is 4.79 Å². The number of halogens is 1. The van der Waals surface area contributed by atoms with Crippen molar-refractivity contribution >= 4 is 21.8 Å². The minimum absolute atomic E-state index is 0.0357. The number of nitrogens with zero attached hydrogens (tertiary/aromatic N) is 1. The van der Waals surface area contributed by atoms with Crippen LogP contribution in [0.3, 0.4) is 0 Å². The van der Waals surface area contributed by atoms with Gasteiger partial charge in [-0.2, -0.15) is 0 Å². The lowest BCUT2D eigenvalue weighted by Crippen LogP contribution is -2.37. The summed E-state index contributed by atoms with van der Waals surface area (Å²) in [5, 5.41) is 2.90. The van der Waals surface area contributed by atoms with Crippen molar-refractivity contribution in [1.29, 1.82) is 0 Å². The smallest absolute Gasteiger partial charge is 0.253 e. The van der Waals surface area contributed by atoms with E-state index in [9.17, 15) is 4.79 Å². The number of aryl methyl sites for hydroxylation is 1. The predicted octanol–water partition coefficient (Wildman–Crippen LogP) is 2.93. The summed E-state index contributed by atoms with van der Waals surface area (Å²) in [5.74, 6) is -0.0812. The van der Waals surface area contributed by atoms with Crippen molar-refractivity contribution in [2.24, 2.45) is 5.73 Å². The molecule has 0 saturated heterocycles. The van der Waals surface area contributed by atoms with Crippen LogP contribution in [0.15, 0.2) is 34.8 Å². The Labute approximate surface area is 133 Å². The Kier molecular flexibility index (Phi) is 4.85. The highest BCUT2D eigenvalue weighted by Gasteiger charge is 2.17. The predicted molar refractivity (Wildman–Crippen MR) is 88.9 cm³/mol. The number of hydrogen-bond acceptors (Lipinski definition) is 2. The summed E-state index contributed by atoms with van der Waals surface area (Å²) in [6.07, 6.45) is 0. The zero-order valence-electron chi connectivity index (χ0n) is 12.5. The van der Waals surface area contributed by atoms with Crippen molar-refractivity contribution in [1.82, 2.24) is 9.88 Å². The van der Waals surface area contributed by atoms with Crippen molar-refractivity contribution in [3.8, 4) is 5.69 Å². The summed E-state index contributed by atoms with van der Waals surface area (Å²) in [5.41, 5.74) is 9.22. The fourth-order valence-corrected chi connectivity index (χ4v) is 2.75. The zero-order valence-corrected chi connectivity index (χ0v) is 14.1. The van der Waals surface area contributed by atoms with Gasteiger partial charge in [0.15, 0.2) is 0 Å². The van der Waals surface area contributed by atoms with Gasteiger partial charge >= 0.3 is 0 Å². The molecule has 1 amide bonds.